The standard InChI is InChI=1S/C15H18N2O4S2/c1-17(22(2,18)19)15-10-6-9-14(11-15)16-23(20,21)12-13-7-4-3-5-8-13/h3-11,16H,12H2,1-2H3. The van der Waals surface area contributed by atoms with Crippen molar-refractivity contribution >= 4 is 31.4 Å². The molecule has 8 heteroatoms. The van der Waals surface area contributed by atoms with Crippen LogP contribution in [-0.2, 0) is 25.8 Å². The van der Waals surface area contributed by atoms with Gasteiger partial charge in [0.2, 0.25) is 20.0 Å². The van der Waals surface area contributed by atoms with Crippen molar-refractivity contribution in [3.8, 4) is 0 Å². The molecular weight excluding hydrogens is 336 g/mol. The second kappa shape index (κ2) is 6.59. The minimum Gasteiger partial charge on any atom is -0.283 e. The molecule has 2 aromatic carbocycles. The largest absolute Gasteiger partial charge is 0.283 e. The number of hydrogen-bond donors (Lipinski definition) is 1. The molecule has 1 N–H and O–H groups in total. The summed E-state index contributed by atoms with van der Waals surface area (Å²) >= 11 is 0. The molecule has 0 spiro atoms. The summed E-state index contributed by atoms with van der Waals surface area (Å²) in [6.07, 6.45) is 1.08. The third kappa shape index (κ3) is 4.97. The number of nitrogens with zero attached hydrogens (tertiary/aromatic N) is 1. The van der Waals surface area contributed by atoms with Crippen molar-refractivity contribution < 1.29 is 16.8 Å². The molecule has 0 aliphatic heterocycles. The van der Waals surface area contributed by atoms with E-state index in [1.165, 1.54) is 13.1 Å². The van der Waals surface area contributed by atoms with Gasteiger partial charge in [0.05, 0.1) is 23.4 Å². The zero-order valence-corrected chi connectivity index (χ0v) is 14.4. The first kappa shape index (κ1) is 17.3. The molecule has 124 valence electrons. The lowest BCUT2D eigenvalue weighted by Gasteiger charge is -2.17. The van der Waals surface area contributed by atoms with Crippen molar-refractivity contribution in [1.82, 2.24) is 0 Å². The van der Waals surface area contributed by atoms with Crippen LogP contribution in [0.3, 0.4) is 0 Å². The number of hydrogen-bond acceptors (Lipinski definition) is 4. The van der Waals surface area contributed by atoms with Gasteiger partial charge in [-0.3, -0.25) is 9.03 Å². The zero-order chi connectivity index (χ0) is 17.1. The molecule has 0 atom stereocenters. The molecule has 0 saturated carbocycles. The molecular formula is C15H18N2O4S2. The van der Waals surface area contributed by atoms with E-state index in [0.717, 1.165) is 10.6 Å². The van der Waals surface area contributed by atoms with Crippen LogP contribution in [0.15, 0.2) is 54.6 Å². The molecule has 0 aromatic heterocycles. The van der Waals surface area contributed by atoms with Gasteiger partial charge in [-0.25, -0.2) is 16.8 Å². The second-order valence-electron chi connectivity index (χ2n) is 5.13. The van der Waals surface area contributed by atoms with Crippen molar-refractivity contribution in [3.05, 3.63) is 60.2 Å². The first-order chi connectivity index (χ1) is 10.7. The van der Waals surface area contributed by atoms with Crippen LogP contribution < -0.4 is 9.03 Å². The molecule has 0 bridgehead atoms. The average Bonchev–Trinajstić information content (AvgIpc) is 2.45. The van der Waals surface area contributed by atoms with Gasteiger partial charge in [-0.15, -0.1) is 0 Å². The molecule has 0 amide bonds. The highest BCUT2D eigenvalue weighted by Crippen LogP contribution is 2.21. The molecule has 0 fully saturated rings. The Morgan fingerprint density at radius 2 is 1.61 bits per heavy atom. The van der Waals surface area contributed by atoms with Gasteiger partial charge in [0, 0.05) is 7.05 Å². The van der Waals surface area contributed by atoms with Crippen LogP contribution in [0, 0.1) is 0 Å². The monoisotopic (exact) mass is 354 g/mol. The second-order valence-corrected chi connectivity index (χ2v) is 8.86. The van der Waals surface area contributed by atoms with E-state index < -0.39 is 20.0 Å². The van der Waals surface area contributed by atoms with Crippen molar-refractivity contribution in [1.29, 1.82) is 0 Å². The van der Waals surface area contributed by atoms with Gasteiger partial charge in [0.15, 0.2) is 0 Å². The predicted octanol–water partition coefficient (Wildman–Crippen LogP) is 2.02. The number of sulfonamides is 2. The molecule has 0 heterocycles. The first-order valence-electron chi connectivity index (χ1n) is 6.76. The van der Waals surface area contributed by atoms with Crippen LogP contribution in [0.25, 0.3) is 0 Å². The summed E-state index contributed by atoms with van der Waals surface area (Å²) in [5.74, 6) is -0.153. The zero-order valence-electron chi connectivity index (χ0n) is 12.8. The maximum Gasteiger partial charge on any atom is 0.236 e. The van der Waals surface area contributed by atoms with E-state index in [0.29, 0.717) is 16.9 Å². The summed E-state index contributed by atoms with van der Waals surface area (Å²) in [6.45, 7) is 0. The van der Waals surface area contributed by atoms with Crippen LogP contribution in [0.1, 0.15) is 5.56 Å². The van der Waals surface area contributed by atoms with Gasteiger partial charge in [-0.1, -0.05) is 36.4 Å². The maximum atomic E-state index is 12.2. The average molecular weight is 354 g/mol. The summed E-state index contributed by atoms with van der Waals surface area (Å²) in [7, 11) is -5.58. The van der Waals surface area contributed by atoms with Gasteiger partial charge in [-0.2, -0.15) is 0 Å². The Morgan fingerprint density at radius 1 is 0.957 bits per heavy atom. The summed E-state index contributed by atoms with van der Waals surface area (Å²) in [5, 5.41) is 0. The van der Waals surface area contributed by atoms with Gasteiger partial charge >= 0.3 is 0 Å². The molecule has 2 aromatic rings. The van der Waals surface area contributed by atoms with E-state index in [9.17, 15) is 16.8 Å². The van der Waals surface area contributed by atoms with Gasteiger partial charge in [0.25, 0.3) is 0 Å². The number of rotatable bonds is 6. The normalized spacial score (nSPS) is 11.9. The fraction of sp³-hybridized carbons (Fsp3) is 0.200. The van der Waals surface area contributed by atoms with E-state index >= 15 is 0 Å². The Labute approximate surface area is 136 Å². The van der Waals surface area contributed by atoms with E-state index in [-0.39, 0.29) is 5.75 Å². The summed E-state index contributed by atoms with van der Waals surface area (Å²) in [6, 6.07) is 15.0. The Bertz CT molecular complexity index is 879. The Hall–Kier alpha value is -2.06. The minimum absolute atomic E-state index is 0.153. The van der Waals surface area contributed by atoms with E-state index in [1.54, 1.807) is 42.5 Å². The lowest BCUT2D eigenvalue weighted by atomic mass is 10.2. The highest BCUT2D eigenvalue weighted by atomic mass is 32.2. The van der Waals surface area contributed by atoms with Gasteiger partial charge in [0.1, 0.15) is 0 Å². The van der Waals surface area contributed by atoms with Crippen LogP contribution in [0.5, 0.6) is 0 Å². The Balaban J connectivity index is 2.20. The SMILES string of the molecule is CN(c1cccc(NS(=O)(=O)Cc2ccccc2)c1)S(C)(=O)=O. The summed E-state index contributed by atoms with van der Waals surface area (Å²) < 4.78 is 51.1. The fourth-order valence-electron chi connectivity index (χ4n) is 1.97. The minimum atomic E-state index is -3.58. The lowest BCUT2D eigenvalue weighted by Crippen LogP contribution is -2.25. The third-order valence-electron chi connectivity index (χ3n) is 3.18. The molecule has 0 unspecified atom stereocenters. The van der Waals surface area contributed by atoms with E-state index in [1.807, 2.05) is 6.07 Å². The van der Waals surface area contributed by atoms with Crippen molar-refractivity contribution in [3.63, 3.8) is 0 Å². The Morgan fingerprint density at radius 3 is 2.22 bits per heavy atom. The molecule has 0 aliphatic rings. The summed E-state index contributed by atoms with van der Waals surface area (Å²) in [5.41, 5.74) is 1.37. The van der Waals surface area contributed by atoms with Crippen LogP contribution in [-0.4, -0.2) is 30.1 Å². The number of nitrogens with one attached hydrogen (secondary N) is 1. The third-order valence-corrected chi connectivity index (χ3v) is 5.65. The molecule has 0 saturated heterocycles. The topological polar surface area (TPSA) is 83.6 Å². The molecule has 2 rings (SSSR count). The fourth-order valence-corrected chi connectivity index (χ4v) is 3.65. The quantitative estimate of drug-likeness (QED) is 0.860. The highest BCUT2D eigenvalue weighted by molar-refractivity contribution is 7.92. The highest BCUT2D eigenvalue weighted by Gasteiger charge is 2.15. The van der Waals surface area contributed by atoms with Crippen LogP contribution in [0.2, 0.25) is 0 Å². The van der Waals surface area contributed by atoms with Crippen molar-refractivity contribution in [2.75, 3.05) is 22.3 Å². The van der Waals surface area contributed by atoms with Crippen molar-refractivity contribution in [2.24, 2.45) is 0 Å². The summed E-state index contributed by atoms with van der Waals surface area (Å²) in [4.78, 5) is 0. The van der Waals surface area contributed by atoms with Crippen LogP contribution in [0.4, 0.5) is 11.4 Å². The molecule has 6 nitrogen and oxygen atoms in total. The predicted molar refractivity (Wildman–Crippen MR) is 92.4 cm³/mol. The molecule has 0 radical (unpaired) electrons. The number of benzene rings is 2. The smallest absolute Gasteiger partial charge is 0.236 e. The van der Waals surface area contributed by atoms with E-state index in [4.69, 9.17) is 0 Å². The van der Waals surface area contributed by atoms with Gasteiger partial charge in [-0.05, 0) is 23.8 Å². The Kier molecular flexibility index (Phi) is 4.96. The molecule has 0 aliphatic carbocycles. The van der Waals surface area contributed by atoms with Crippen LogP contribution >= 0.6 is 0 Å². The van der Waals surface area contributed by atoms with Crippen molar-refractivity contribution in [2.45, 2.75) is 5.75 Å². The maximum absolute atomic E-state index is 12.2. The first-order valence-corrected chi connectivity index (χ1v) is 10.3. The van der Waals surface area contributed by atoms with E-state index in [2.05, 4.69) is 4.72 Å². The van der Waals surface area contributed by atoms with Gasteiger partial charge < -0.3 is 0 Å². The number of anilines is 2. The molecule has 23 heavy (non-hydrogen) atoms. The lowest BCUT2D eigenvalue weighted by molar-refractivity contribution is 0.599.